The second-order valence-corrected chi connectivity index (χ2v) is 9.50. The van der Waals surface area contributed by atoms with Gasteiger partial charge in [0.05, 0.1) is 19.2 Å². The number of hydrogen-bond acceptors (Lipinski definition) is 5. The third-order valence-electron chi connectivity index (χ3n) is 7.16. The van der Waals surface area contributed by atoms with Gasteiger partial charge in [0.15, 0.2) is 11.4 Å². The van der Waals surface area contributed by atoms with Crippen LogP contribution in [-0.4, -0.2) is 57.2 Å². The Balaban J connectivity index is 1.60. The highest BCUT2D eigenvalue weighted by molar-refractivity contribution is 5.98. The fraction of sp³-hybridized carbons (Fsp3) is 0.345. The van der Waals surface area contributed by atoms with Crippen molar-refractivity contribution in [3.8, 4) is 5.75 Å². The van der Waals surface area contributed by atoms with E-state index in [1.54, 1.807) is 4.57 Å². The number of fused-ring (bicyclic) bond motifs is 2. The molecule has 3 aromatic rings. The minimum absolute atomic E-state index is 0.0943. The Labute approximate surface area is 215 Å². The average Bonchev–Trinajstić information content (AvgIpc) is 2.91. The lowest BCUT2D eigenvalue weighted by Crippen LogP contribution is -2.61. The Kier molecular flexibility index (Phi) is 7.10. The van der Waals surface area contributed by atoms with Crippen LogP contribution in [0.4, 0.5) is 0 Å². The van der Waals surface area contributed by atoms with Gasteiger partial charge in [-0.15, -0.1) is 0 Å². The van der Waals surface area contributed by atoms with E-state index in [1.807, 2.05) is 48.2 Å². The van der Waals surface area contributed by atoms with Crippen LogP contribution in [0.15, 0.2) is 71.7 Å². The molecule has 0 aliphatic carbocycles. The molecule has 3 heterocycles. The smallest absolute Gasteiger partial charge is 0.341 e. The molecule has 1 saturated heterocycles. The first kappa shape index (κ1) is 24.8. The summed E-state index contributed by atoms with van der Waals surface area (Å²) in [6.07, 6.45) is 3.31. The zero-order chi connectivity index (χ0) is 25.9. The SMILES string of the molecule is CCCCOc1c2n(cc(C(=O)O)c1=O)CC1N(CCCN1C(c1ccccc1)c1ccccc1)C2=O. The summed E-state index contributed by atoms with van der Waals surface area (Å²) >= 11 is 0. The fourth-order valence-corrected chi connectivity index (χ4v) is 5.41. The van der Waals surface area contributed by atoms with E-state index in [0.717, 1.165) is 30.5 Å². The number of unbranched alkanes of at least 4 members (excludes halogenated alkanes) is 1. The third kappa shape index (κ3) is 4.64. The second kappa shape index (κ2) is 10.6. The van der Waals surface area contributed by atoms with E-state index in [2.05, 4.69) is 29.2 Å². The number of carbonyl (C=O) groups excluding carboxylic acids is 1. The number of aromatic nitrogens is 1. The van der Waals surface area contributed by atoms with Crippen LogP contribution < -0.4 is 10.2 Å². The average molecular weight is 502 g/mol. The number of ether oxygens (including phenoxy) is 1. The maximum atomic E-state index is 13.9. The lowest BCUT2D eigenvalue weighted by atomic mass is 9.94. The summed E-state index contributed by atoms with van der Waals surface area (Å²) in [5, 5.41) is 9.72. The molecule has 0 bridgehead atoms. The van der Waals surface area contributed by atoms with Crippen molar-refractivity contribution in [2.45, 2.75) is 44.9 Å². The Morgan fingerprint density at radius 2 is 1.68 bits per heavy atom. The summed E-state index contributed by atoms with van der Waals surface area (Å²) in [7, 11) is 0. The van der Waals surface area contributed by atoms with Crippen LogP contribution in [0.3, 0.4) is 0 Å². The number of hydrogen-bond donors (Lipinski definition) is 1. The van der Waals surface area contributed by atoms with Crippen molar-refractivity contribution in [2.24, 2.45) is 0 Å². The zero-order valence-corrected chi connectivity index (χ0v) is 20.9. The molecule has 2 aliphatic heterocycles. The molecular formula is C29H31N3O5. The van der Waals surface area contributed by atoms with Crippen LogP contribution in [0, 0.1) is 0 Å². The van der Waals surface area contributed by atoms with E-state index >= 15 is 0 Å². The first-order valence-electron chi connectivity index (χ1n) is 12.8. The van der Waals surface area contributed by atoms with Crippen molar-refractivity contribution in [1.82, 2.24) is 14.4 Å². The molecule has 192 valence electrons. The number of amides is 1. The molecule has 2 aromatic carbocycles. The topological polar surface area (TPSA) is 92.1 Å². The van der Waals surface area contributed by atoms with Gasteiger partial charge in [-0.3, -0.25) is 14.5 Å². The Morgan fingerprint density at radius 1 is 1.03 bits per heavy atom. The number of benzene rings is 2. The van der Waals surface area contributed by atoms with Gasteiger partial charge in [0.1, 0.15) is 11.7 Å². The van der Waals surface area contributed by atoms with E-state index in [4.69, 9.17) is 4.74 Å². The van der Waals surface area contributed by atoms with Gasteiger partial charge in [-0.1, -0.05) is 74.0 Å². The highest BCUT2D eigenvalue weighted by Gasteiger charge is 2.43. The van der Waals surface area contributed by atoms with E-state index in [1.165, 1.54) is 6.20 Å². The number of carboxylic acids is 1. The molecule has 1 atom stereocenters. The van der Waals surface area contributed by atoms with Gasteiger partial charge in [0.25, 0.3) is 5.91 Å². The maximum Gasteiger partial charge on any atom is 0.341 e. The highest BCUT2D eigenvalue weighted by Crippen LogP contribution is 2.36. The molecule has 2 aliphatic rings. The van der Waals surface area contributed by atoms with Crippen molar-refractivity contribution in [2.75, 3.05) is 19.7 Å². The van der Waals surface area contributed by atoms with Crippen molar-refractivity contribution in [3.63, 3.8) is 0 Å². The predicted octanol–water partition coefficient (Wildman–Crippen LogP) is 4.00. The second-order valence-electron chi connectivity index (χ2n) is 9.50. The van der Waals surface area contributed by atoms with Crippen molar-refractivity contribution >= 4 is 11.9 Å². The normalized spacial score (nSPS) is 17.4. The number of aromatic carboxylic acids is 1. The lowest BCUT2D eigenvalue weighted by molar-refractivity contribution is -0.0240. The molecule has 1 aromatic heterocycles. The largest absolute Gasteiger partial charge is 0.487 e. The molecule has 0 radical (unpaired) electrons. The van der Waals surface area contributed by atoms with Gasteiger partial charge in [-0.05, 0) is 24.0 Å². The van der Waals surface area contributed by atoms with Gasteiger partial charge in [0.2, 0.25) is 5.43 Å². The quantitative estimate of drug-likeness (QED) is 0.469. The Bertz CT molecular complexity index is 1300. The van der Waals surface area contributed by atoms with E-state index in [9.17, 15) is 19.5 Å². The Hall–Kier alpha value is -3.91. The first-order chi connectivity index (χ1) is 18.0. The van der Waals surface area contributed by atoms with Crippen LogP contribution >= 0.6 is 0 Å². The van der Waals surface area contributed by atoms with Crippen LogP contribution in [0.25, 0.3) is 0 Å². The maximum absolute atomic E-state index is 13.9. The molecule has 5 rings (SSSR count). The summed E-state index contributed by atoms with van der Waals surface area (Å²) in [5.74, 6) is -1.79. The summed E-state index contributed by atoms with van der Waals surface area (Å²) < 4.78 is 7.38. The number of carboxylic acid groups (broad SMARTS) is 1. The van der Waals surface area contributed by atoms with Gasteiger partial charge in [-0.2, -0.15) is 0 Å². The summed E-state index contributed by atoms with van der Waals surface area (Å²) in [6, 6.07) is 20.3. The number of carbonyl (C=O) groups is 2. The molecule has 8 nitrogen and oxygen atoms in total. The van der Waals surface area contributed by atoms with Gasteiger partial charge >= 0.3 is 5.97 Å². The molecule has 8 heteroatoms. The van der Waals surface area contributed by atoms with Crippen LogP contribution in [0.2, 0.25) is 0 Å². The van der Waals surface area contributed by atoms with Crippen LogP contribution in [-0.2, 0) is 6.54 Å². The van der Waals surface area contributed by atoms with E-state index < -0.39 is 11.4 Å². The van der Waals surface area contributed by atoms with Crippen molar-refractivity contribution in [3.05, 3.63) is 99.5 Å². The number of nitrogens with zero attached hydrogens (tertiary/aromatic N) is 3. The summed E-state index contributed by atoms with van der Waals surface area (Å²) in [4.78, 5) is 43.0. The number of pyridine rings is 1. The number of rotatable bonds is 8. The van der Waals surface area contributed by atoms with Gasteiger partial charge < -0.3 is 19.3 Å². The fourth-order valence-electron chi connectivity index (χ4n) is 5.41. The standard InChI is InChI=1S/C29H31N3O5/c1-2-3-17-37-27-25-28(34)32-16-10-15-31(23(32)19-30(25)18-22(26(27)33)29(35)36)24(20-11-6-4-7-12-20)21-13-8-5-9-14-21/h4-9,11-14,18,23-24H,2-3,10,15-17,19H2,1H3,(H,35,36). The predicted molar refractivity (Wildman–Crippen MR) is 139 cm³/mol. The van der Waals surface area contributed by atoms with Crippen LogP contribution in [0.1, 0.15) is 64.2 Å². The molecule has 1 fully saturated rings. The van der Waals surface area contributed by atoms with E-state index in [0.29, 0.717) is 19.5 Å². The molecule has 37 heavy (non-hydrogen) atoms. The summed E-state index contributed by atoms with van der Waals surface area (Å²) in [5.41, 5.74) is 1.23. The van der Waals surface area contributed by atoms with Crippen molar-refractivity contribution < 1.29 is 19.4 Å². The highest BCUT2D eigenvalue weighted by atomic mass is 16.5. The summed E-state index contributed by atoms with van der Waals surface area (Å²) in [6.45, 7) is 3.90. The minimum Gasteiger partial charge on any atom is -0.487 e. The monoisotopic (exact) mass is 501 g/mol. The minimum atomic E-state index is -1.33. The van der Waals surface area contributed by atoms with Gasteiger partial charge in [0, 0.05) is 19.3 Å². The molecule has 1 amide bonds. The third-order valence-corrected chi connectivity index (χ3v) is 7.16. The first-order valence-corrected chi connectivity index (χ1v) is 12.8. The molecule has 1 unspecified atom stereocenters. The lowest BCUT2D eigenvalue weighted by Gasteiger charge is -2.50. The zero-order valence-electron chi connectivity index (χ0n) is 20.9. The van der Waals surface area contributed by atoms with Crippen LogP contribution in [0.5, 0.6) is 5.75 Å². The van der Waals surface area contributed by atoms with Crippen molar-refractivity contribution in [1.29, 1.82) is 0 Å². The molecule has 1 N–H and O–H groups in total. The Morgan fingerprint density at radius 3 is 2.27 bits per heavy atom. The molecular weight excluding hydrogens is 470 g/mol. The van der Waals surface area contributed by atoms with E-state index in [-0.39, 0.29) is 41.7 Å². The molecule has 0 spiro atoms. The molecule has 0 saturated carbocycles. The van der Waals surface area contributed by atoms with Gasteiger partial charge in [-0.25, -0.2) is 4.79 Å².